The number of rotatable bonds is 73. The molecule has 1 heterocycles. The van der Waals surface area contributed by atoms with E-state index in [1.807, 2.05) is 0 Å². The van der Waals surface area contributed by atoms with Crippen molar-refractivity contribution in [2.45, 2.75) is 95.5 Å². The van der Waals surface area contributed by atoms with Crippen LogP contribution in [0, 0.1) is 0 Å². The van der Waals surface area contributed by atoms with Crippen molar-refractivity contribution in [3.05, 3.63) is 0 Å². The topological polar surface area (TPSA) is 281 Å². The molecule has 0 aliphatic carbocycles. The molecule has 84 heavy (non-hydrogen) atoms. The summed E-state index contributed by atoms with van der Waals surface area (Å²) in [5, 5.41) is 28.9. The summed E-state index contributed by atoms with van der Waals surface area (Å²) < 4.78 is 121. The maximum absolute atomic E-state index is 12.4. The summed E-state index contributed by atoms with van der Waals surface area (Å²) in [6.45, 7) is 19.7. The van der Waals surface area contributed by atoms with E-state index in [0.717, 1.165) is 19.3 Å². The van der Waals surface area contributed by atoms with E-state index >= 15 is 0 Å². The molecular formula is C58H114O26. The van der Waals surface area contributed by atoms with Crippen LogP contribution in [0.15, 0.2) is 0 Å². The molecule has 26 nitrogen and oxygen atoms in total. The molecule has 1 fully saturated rings. The molecule has 0 spiro atoms. The van der Waals surface area contributed by atoms with E-state index < -0.39 is 24.4 Å². The second-order valence-corrected chi connectivity index (χ2v) is 18.9. The van der Waals surface area contributed by atoms with Crippen LogP contribution < -0.4 is 0 Å². The van der Waals surface area contributed by atoms with E-state index in [0.29, 0.717) is 251 Å². The third kappa shape index (κ3) is 59.5. The molecule has 0 aromatic carbocycles. The van der Waals surface area contributed by atoms with Crippen molar-refractivity contribution in [3.8, 4) is 0 Å². The Bertz CT molecular complexity index is 1270. The summed E-state index contributed by atoms with van der Waals surface area (Å²) in [6.07, 6.45) is 7.11. The Morgan fingerprint density at radius 3 is 0.833 bits per heavy atom. The Labute approximate surface area is 502 Å². The number of carbonyl (C=O) groups excluding carboxylic acids is 1. The van der Waals surface area contributed by atoms with Crippen LogP contribution in [0.1, 0.15) is 71.1 Å². The molecule has 1 saturated heterocycles. The minimum Gasteiger partial charge on any atom is -0.463 e. The lowest BCUT2D eigenvalue weighted by Crippen LogP contribution is -2.43. The molecule has 0 aromatic heterocycles. The number of ether oxygens (including phenoxy) is 22. The summed E-state index contributed by atoms with van der Waals surface area (Å²) in [5.74, 6) is -0.306. The third-order valence-electron chi connectivity index (χ3n) is 11.9. The zero-order valence-electron chi connectivity index (χ0n) is 51.3. The van der Waals surface area contributed by atoms with Crippen LogP contribution >= 0.6 is 0 Å². The van der Waals surface area contributed by atoms with E-state index in [-0.39, 0.29) is 39.0 Å². The first-order valence-electron chi connectivity index (χ1n) is 30.9. The number of esters is 1. The van der Waals surface area contributed by atoms with Crippen molar-refractivity contribution < 1.29 is 124 Å². The standard InChI is InChI=1S/C58H114O26/c1-2-3-4-5-6-7-8-9-10-11-56(61)83-53-55(58-57(62)54(60)52-84-58)82-51-50-81-49-48-80-47-46-79-45-44-78-43-42-77-41-40-76-39-38-75-37-36-74-35-34-73-33-32-72-31-30-71-29-28-70-27-26-69-25-24-68-23-22-67-21-20-66-19-18-65-17-16-64-15-14-63-13-12-59/h54-55,57-60,62H,2-53H2,1H3. The highest BCUT2D eigenvalue weighted by atomic mass is 16.6. The SMILES string of the molecule is CCCCCCCCCCCC(=O)OCC(OCCOCCOCCOCCOCCOCCOCCOCCOCCOCCOCCOCCOCCOCCOCCOCCOCCOCCOCCOCCO)C1OCC(O)C1O. The van der Waals surface area contributed by atoms with Gasteiger partial charge >= 0.3 is 5.97 Å². The fourth-order valence-electron chi connectivity index (χ4n) is 7.40. The van der Waals surface area contributed by atoms with E-state index in [9.17, 15) is 15.0 Å². The predicted molar refractivity (Wildman–Crippen MR) is 307 cm³/mol. The van der Waals surface area contributed by atoms with Crippen molar-refractivity contribution in [1.29, 1.82) is 0 Å². The van der Waals surface area contributed by atoms with Crippen molar-refractivity contribution in [2.75, 3.05) is 277 Å². The average molecular weight is 1230 g/mol. The third-order valence-corrected chi connectivity index (χ3v) is 11.9. The molecule has 26 heteroatoms. The second-order valence-electron chi connectivity index (χ2n) is 18.9. The second kappa shape index (κ2) is 69.0. The first-order valence-corrected chi connectivity index (χ1v) is 30.9. The molecule has 4 unspecified atom stereocenters. The molecule has 0 bridgehead atoms. The van der Waals surface area contributed by atoms with Gasteiger partial charge in [-0.25, -0.2) is 0 Å². The molecule has 3 N–H and O–H groups in total. The van der Waals surface area contributed by atoms with E-state index in [1.165, 1.54) is 38.5 Å². The molecule has 1 aliphatic rings. The van der Waals surface area contributed by atoms with Crippen LogP contribution in [0.4, 0.5) is 0 Å². The van der Waals surface area contributed by atoms with Gasteiger partial charge < -0.3 is 120 Å². The molecule has 4 atom stereocenters. The number of carbonyl (C=O) groups is 1. The van der Waals surface area contributed by atoms with Gasteiger partial charge in [0.05, 0.1) is 271 Å². The molecule has 0 amide bonds. The molecule has 1 aliphatic heterocycles. The summed E-state index contributed by atoms with van der Waals surface area (Å²) in [7, 11) is 0. The summed E-state index contributed by atoms with van der Waals surface area (Å²) >= 11 is 0. The number of aliphatic hydroxyl groups is 3. The van der Waals surface area contributed by atoms with E-state index in [2.05, 4.69) is 6.92 Å². The Morgan fingerprint density at radius 2 is 0.595 bits per heavy atom. The largest absolute Gasteiger partial charge is 0.463 e. The number of hydrogen-bond acceptors (Lipinski definition) is 26. The monoisotopic (exact) mass is 1230 g/mol. The van der Waals surface area contributed by atoms with Gasteiger partial charge in [0.1, 0.15) is 31.0 Å². The quantitative estimate of drug-likeness (QED) is 0.0582. The van der Waals surface area contributed by atoms with Crippen LogP contribution in [-0.2, 0) is 109 Å². The lowest BCUT2D eigenvalue weighted by atomic mass is 10.1. The average Bonchev–Trinajstić information content (AvgIpc) is 3.86. The molecule has 1 rings (SSSR count). The van der Waals surface area contributed by atoms with Crippen molar-refractivity contribution in [2.24, 2.45) is 0 Å². The molecule has 0 aromatic rings. The maximum atomic E-state index is 12.4. The minimum absolute atomic E-state index is 0.01000. The van der Waals surface area contributed by atoms with Crippen molar-refractivity contribution in [1.82, 2.24) is 0 Å². The van der Waals surface area contributed by atoms with Gasteiger partial charge in [-0.15, -0.1) is 0 Å². The Morgan fingerprint density at radius 1 is 0.357 bits per heavy atom. The van der Waals surface area contributed by atoms with Gasteiger partial charge in [0.2, 0.25) is 0 Å². The van der Waals surface area contributed by atoms with Gasteiger partial charge in [-0.05, 0) is 6.42 Å². The zero-order chi connectivity index (χ0) is 60.2. The normalized spacial score (nSPS) is 15.7. The van der Waals surface area contributed by atoms with Crippen LogP contribution in [0.2, 0.25) is 0 Å². The first-order chi connectivity index (χ1) is 41.6. The molecule has 0 saturated carbocycles. The molecular weight excluding hydrogens is 1110 g/mol. The van der Waals surface area contributed by atoms with Gasteiger partial charge in [0.15, 0.2) is 0 Å². The fourth-order valence-corrected chi connectivity index (χ4v) is 7.40. The first kappa shape index (κ1) is 80.5. The smallest absolute Gasteiger partial charge is 0.305 e. The summed E-state index contributed by atoms with van der Waals surface area (Å²) in [5.41, 5.74) is 0. The highest BCUT2D eigenvalue weighted by Crippen LogP contribution is 2.20. The van der Waals surface area contributed by atoms with Gasteiger partial charge in [-0.3, -0.25) is 4.79 Å². The summed E-state index contributed by atoms with van der Waals surface area (Å²) in [4.78, 5) is 12.4. The number of unbranched alkanes of at least 4 members (excludes halogenated alkanes) is 8. The van der Waals surface area contributed by atoms with Gasteiger partial charge in [-0.2, -0.15) is 0 Å². The number of hydrogen-bond donors (Lipinski definition) is 3. The van der Waals surface area contributed by atoms with E-state index in [1.54, 1.807) is 0 Å². The van der Waals surface area contributed by atoms with Gasteiger partial charge in [0, 0.05) is 6.42 Å². The van der Waals surface area contributed by atoms with Crippen molar-refractivity contribution >= 4 is 5.97 Å². The minimum atomic E-state index is -1.13. The van der Waals surface area contributed by atoms with Gasteiger partial charge in [-0.1, -0.05) is 58.3 Å². The van der Waals surface area contributed by atoms with Crippen LogP contribution in [0.25, 0.3) is 0 Å². The Hall–Kier alpha value is -1.49. The predicted octanol–water partition coefficient (Wildman–Crippen LogP) is 2.26. The lowest BCUT2D eigenvalue weighted by molar-refractivity contribution is -0.156. The fraction of sp³-hybridized carbons (Fsp3) is 0.983. The van der Waals surface area contributed by atoms with Crippen LogP contribution in [0.3, 0.4) is 0 Å². The lowest BCUT2D eigenvalue weighted by Gasteiger charge is -2.25. The van der Waals surface area contributed by atoms with Crippen molar-refractivity contribution in [3.63, 3.8) is 0 Å². The molecule has 502 valence electrons. The molecule has 0 radical (unpaired) electrons. The highest BCUT2D eigenvalue weighted by Gasteiger charge is 2.41. The summed E-state index contributed by atoms with van der Waals surface area (Å²) in [6, 6.07) is 0. The zero-order valence-corrected chi connectivity index (χ0v) is 51.3. The van der Waals surface area contributed by atoms with Crippen LogP contribution in [-0.4, -0.2) is 323 Å². The maximum Gasteiger partial charge on any atom is 0.305 e. The van der Waals surface area contributed by atoms with Gasteiger partial charge in [0.25, 0.3) is 0 Å². The Kier molecular flexibility index (Phi) is 66.1. The van der Waals surface area contributed by atoms with Crippen LogP contribution in [0.5, 0.6) is 0 Å². The van der Waals surface area contributed by atoms with E-state index in [4.69, 9.17) is 109 Å². The number of aliphatic hydroxyl groups excluding tert-OH is 3. The Balaban J connectivity index is 1.71. The highest BCUT2D eigenvalue weighted by molar-refractivity contribution is 5.69.